The molecule has 18 heavy (non-hydrogen) atoms. The Morgan fingerprint density at radius 3 is 2.56 bits per heavy atom. The summed E-state index contributed by atoms with van der Waals surface area (Å²) in [7, 11) is 0. The molecule has 1 aromatic rings. The fourth-order valence-electron chi connectivity index (χ4n) is 1.18. The molecule has 0 saturated carbocycles. The van der Waals surface area contributed by atoms with E-state index in [0.717, 1.165) is 4.88 Å². The van der Waals surface area contributed by atoms with Gasteiger partial charge < -0.3 is 15.7 Å². The first-order chi connectivity index (χ1) is 8.22. The van der Waals surface area contributed by atoms with E-state index in [-0.39, 0.29) is 12.5 Å². The van der Waals surface area contributed by atoms with Crippen LogP contribution in [-0.2, 0) is 11.3 Å². The maximum atomic E-state index is 11.7. The minimum atomic E-state index is -0.888. The third-order valence-electron chi connectivity index (χ3n) is 3.26. The molecule has 0 radical (unpaired) electrons. The summed E-state index contributed by atoms with van der Waals surface area (Å²) in [6.45, 7) is 7.95. The molecule has 1 rings (SSSR count). The van der Waals surface area contributed by atoms with Crippen molar-refractivity contribution in [1.82, 2.24) is 10.6 Å². The molecule has 0 unspecified atom stereocenters. The van der Waals surface area contributed by atoms with E-state index in [1.165, 1.54) is 0 Å². The Morgan fingerprint density at radius 2 is 2.06 bits per heavy atom. The largest absolute Gasteiger partial charge is 0.389 e. The molecule has 0 aromatic carbocycles. The van der Waals surface area contributed by atoms with E-state index in [1.807, 2.05) is 31.4 Å². The molecule has 0 saturated heterocycles. The van der Waals surface area contributed by atoms with Gasteiger partial charge >= 0.3 is 0 Å². The van der Waals surface area contributed by atoms with Crippen molar-refractivity contribution in [3.8, 4) is 0 Å². The summed E-state index contributed by atoms with van der Waals surface area (Å²) in [4.78, 5) is 12.8. The van der Waals surface area contributed by atoms with Gasteiger partial charge in [0.05, 0.1) is 18.7 Å². The van der Waals surface area contributed by atoms with Crippen LogP contribution in [0.2, 0.25) is 0 Å². The van der Waals surface area contributed by atoms with Gasteiger partial charge in [0.15, 0.2) is 0 Å². The van der Waals surface area contributed by atoms with Gasteiger partial charge in [-0.3, -0.25) is 4.79 Å². The molecule has 1 amide bonds. The van der Waals surface area contributed by atoms with E-state index in [4.69, 9.17) is 0 Å². The van der Waals surface area contributed by atoms with Crippen LogP contribution in [0.25, 0.3) is 0 Å². The van der Waals surface area contributed by atoms with Gasteiger partial charge in [-0.05, 0) is 39.1 Å². The summed E-state index contributed by atoms with van der Waals surface area (Å²) in [5.74, 6) is -0.0688. The quantitative estimate of drug-likeness (QED) is 0.734. The Kier molecular flexibility index (Phi) is 4.90. The number of carbonyl (C=O) groups is 1. The fourth-order valence-corrected chi connectivity index (χ4v) is 1.82. The average Bonchev–Trinajstić information content (AvgIpc) is 2.74. The lowest BCUT2D eigenvalue weighted by atomic mass is 9.86. The minimum absolute atomic E-state index is 0.0688. The highest BCUT2D eigenvalue weighted by molar-refractivity contribution is 7.09. The predicted octanol–water partition coefficient (Wildman–Crippen LogP) is 1.50. The third kappa shape index (κ3) is 4.40. The second-order valence-electron chi connectivity index (χ2n) is 5.39. The lowest BCUT2D eigenvalue weighted by Gasteiger charge is -2.38. The SMILES string of the molecule is CC(C)(O)C(C)(C)NCC(=O)NCc1cccs1. The molecule has 0 fully saturated rings. The molecule has 0 aliphatic carbocycles. The van der Waals surface area contributed by atoms with Gasteiger partial charge in [-0.1, -0.05) is 6.07 Å². The number of hydrogen-bond donors (Lipinski definition) is 3. The number of thiophene rings is 1. The lowest BCUT2D eigenvalue weighted by Crippen LogP contribution is -2.57. The molecule has 0 bridgehead atoms. The van der Waals surface area contributed by atoms with Crippen molar-refractivity contribution in [1.29, 1.82) is 0 Å². The zero-order chi connectivity index (χ0) is 13.8. The van der Waals surface area contributed by atoms with E-state index in [0.29, 0.717) is 6.54 Å². The first kappa shape index (κ1) is 15.1. The van der Waals surface area contributed by atoms with Crippen molar-refractivity contribution in [2.75, 3.05) is 6.54 Å². The van der Waals surface area contributed by atoms with E-state index in [2.05, 4.69) is 10.6 Å². The number of carbonyl (C=O) groups excluding carboxylic acids is 1. The Labute approximate surface area is 112 Å². The van der Waals surface area contributed by atoms with Gasteiger partial charge in [0.1, 0.15) is 0 Å². The van der Waals surface area contributed by atoms with Gasteiger partial charge in [-0.25, -0.2) is 0 Å². The highest BCUT2D eigenvalue weighted by atomic mass is 32.1. The molecular formula is C13H22N2O2S. The zero-order valence-corrected chi connectivity index (χ0v) is 12.2. The smallest absolute Gasteiger partial charge is 0.234 e. The van der Waals surface area contributed by atoms with Gasteiger partial charge in [-0.15, -0.1) is 11.3 Å². The average molecular weight is 270 g/mol. The summed E-state index contributed by atoms with van der Waals surface area (Å²) < 4.78 is 0. The molecule has 5 heteroatoms. The number of amides is 1. The molecule has 3 N–H and O–H groups in total. The molecule has 0 aliphatic heterocycles. The minimum Gasteiger partial charge on any atom is -0.389 e. The van der Waals surface area contributed by atoms with Crippen LogP contribution in [-0.4, -0.2) is 28.7 Å². The van der Waals surface area contributed by atoms with Crippen LogP contribution >= 0.6 is 11.3 Å². The van der Waals surface area contributed by atoms with Crippen LogP contribution in [0.4, 0.5) is 0 Å². The first-order valence-electron chi connectivity index (χ1n) is 5.99. The standard InChI is InChI=1S/C13H22N2O2S/c1-12(2,13(3,4)17)15-9-11(16)14-8-10-6-5-7-18-10/h5-7,15,17H,8-9H2,1-4H3,(H,14,16). The molecule has 102 valence electrons. The fraction of sp³-hybridized carbons (Fsp3) is 0.615. The topological polar surface area (TPSA) is 61.4 Å². The molecule has 0 atom stereocenters. The van der Waals surface area contributed by atoms with Crippen LogP contribution in [0.15, 0.2) is 17.5 Å². The molecular weight excluding hydrogens is 248 g/mol. The Balaban J connectivity index is 2.33. The summed E-state index contributed by atoms with van der Waals surface area (Å²) in [5.41, 5.74) is -1.41. The maximum absolute atomic E-state index is 11.7. The van der Waals surface area contributed by atoms with E-state index in [1.54, 1.807) is 25.2 Å². The summed E-state index contributed by atoms with van der Waals surface area (Å²) in [6.07, 6.45) is 0. The van der Waals surface area contributed by atoms with Gasteiger partial charge in [0, 0.05) is 10.4 Å². The van der Waals surface area contributed by atoms with Gasteiger partial charge in [0.25, 0.3) is 0 Å². The Bertz CT molecular complexity index is 380. The van der Waals surface area contributed by atoms with Crippen molar-refractivity contribution >= 4 is 17.2 Å². The Morgan fingerprint density at radius 1 is 1.39 bits per heavy atom. The van der Waals surface area contributed by atoms with E-state index < -0.39 is 11.1 Å². The maximum Gasteiger partial charge on any atom is 0.234 e. The predicted molar refractivity (Wildman–Crippen MR) is 74.5 cm³/mol. The van der Waals surface area contributed by atoms with Crippen molar-refractivity contribution in [2.45, 2.75) is 45.4 Å². The van der Waals surface area contributed by atoms with Crippen LogP contribution in [0, 0.1) is 0 Å². The highest BCUT2D eigenvalue weighted by Crippen LogP contribution is 2.19. The monoisotopic (exact) mass is 270 g/mol. The van der Waals surface area contributed by atoms with Crippen LogP contribution in [0.5, 0.6) is 0 Å². The van der Waals surface area contributed by atoms with Crippen molar-refractivity contribution < 1.29 is 9.90 Å². The van der Waals surface area contributed by atoms with E-state index >= 15 is 0 Å². The van der Waals surface area contributed by atoms with Crippen molar-refractivity contribution in [3.05, 3.63) is 22.4 Å². The Hall–Kier alpha value is -0.910. The molecule has 0 aliphatic rings. The number of rotatable bonds is 6. The molecule has 0 spiro atoms. The van der Waals surface area contributed by atoms with Gasteiger partial charge in [-0.2, -0.15) is 0 Å². The third-order valence-corrected chi connectivity index (χ3v) is 4.14. The molecule has 1 heterocycles. The number of aliphatic hydroxyl groups is 1. The molecule has 1 aromatic heterocycles. The van der Waals surface area contributed by atoms with Gasteiger partial charge in [0.2, 0.25) is 5.91 Å². The molecule has 4 nitrogen and oxygen atoms in total. The van der Waals surface area contributed by atoms with Crippen LogP contribution < -0.4 is 10.6 Å². The lowest BCUT2D eigenvalue weighted by molar-refractivity contribution is -0.121. The first-order valence-corrected chi connectivity index (χ1v) is 6.87. The zero-order valence-electron chi connectivity index (χ0n) is 11.4. The highest BCUT2D eigenvalue weighted by Gasteiger charge is 2.34. The summed E-state index contributed by atoms with van der Waals surface area (Å²) >= 11 is 1.62. The van der Waals surface area contributed by atoms with E-state index in [9.17, 15) is 9.90 Å². The summed E-state index contributed by atoms with van der Waals surface area (Å²) in [6, 6.07) is 3.95. The second kappa shape index (κ2) is 5.82. The van der Waals surface area contributed by atoms with Crippen LogP contribution in [0.1, 0.15) is 32.6 Å². The second-order valence-corrected chi connectivity index (χ2v) is 6.43. The normalized spacial score (nSPS) is 12.5. The van der Waals surface area contributed by atoms with Crippen molar-refractivity contribution in [2.24, 2.45) is 0 Å². The summed E-state index contributed by atoms with van der Waals surface area (Å²) in [5, 5.41) is 17.8. The van der Waals surface area contributed by atoms with Crippen molar-refractivity contribution in [3.63, 3.8) is 0 Å². The van der Waals surface area contributed by atoms with Crippen LogP contribution in [0.3, 0.4) is 0 Å². The number of hydrogen-bond acceptors (Lipinski definition) is 4. The number of nitrogens with one attached hydrogen (secondary N) is 2.